The molecular weight excluding hydrogens is 258 g/mol. The Hall–Kier alpha value is -2.37. The molecule has 1 atom stereocenters. The number of aromatic nitrogens is 2. The van der Waals surface area contributed by atoms with Gasteiger partial charge in [0.25, 0.3) is 5.91 Å². The third-order valence-electron chi connectivity index (χ3n) is 2.87. The van der Waals surface area contributed by atoms with Crippen molar-refractivity contribution >= 4 is 5.91 Å². The molecule has 1 aromatic carbocycles. The van der Waals surface area contributed by atoms with E-state index in [1.54, 1.807) is 0 Å². The molecule has 1 unspecified atom stereocenters. The lowest BCUT2D eigenvalue weighted by molar-refractivity contribution is 0.0929. The molecule has 0 aliphatic carbocycles. The summed E-state index contributed by atoms with van der Waals surface area (Å²) in [5.41, 5.74) is 2.19. The molecule has 1 N–H and O–H groups in total. The smallest absolute Gasteiger partial charge is 0.275 e. The second kappa shape index (κ2) is 6.18. The van der Waals surface area contributed by atoms with E-state index in [-0.39, 0.29) is 17.6 Å². The summed E-state index contributed by atoms with van der Waals surface area (Å²) in [5, 5.41) is 9.77. The fraction of sp³-hybridized carbons (Fsp3) is 0.357. The van der Waals surface area contributed by atoms with Gasteiger partial charge in [-0.3, -0.25) is 4.79 Å². The maximum atomic E-state index is 11.9. The van der Waals surface area contributed by atoms with Crippen molar-refractivity contribution in [1.29, 1.82) is 0 Å². The van der Waals surface area contributed by atoms with E-state index in [9.17, 15) is 4.79 Å². The summed E-state index contributed by atoms with van der Waals surface area (Å²) in [5.74, 6) is 0.437. The Balaban J connectivity index is 2.17. The predicted molar refractivity (Wildman–Crippen MR) is 72.5 cm³/mol. The maximum absolute atomic E-state index is 11.9. The lowest BCUT2D eigenvalue weighted by Gasteiger charge is -2.18. The molecule has 6 nitrogen and oxygen atoms in total. The molecule has 0 spiro atoms. The first-order chi connectivity index (χ1) is 9.61. The fourth-order valence-electron chi connectivity index (χ4n) is 1.91. The summed E-state index contributed by atoms with van der Waals surface area (Å²) in [4.78, 5) is 11.9. The van der Waals surface area contributed by atoms with Crippen LogP contribution >= 0.6 is 0 Å². The number of nitrogens with zero attached hydrogens (tertiary/aromatic N) is 2. The van der Waals surface area contributed by atoms with E-state index >= 15 is 0 Å². The number of ether oxygens (including phenoxy) is 1. The molecule has 1 aromatic heterocycles. The van der Waals surface area contributed by atoms with Crippen molar-refractivity contribution in [3.63, 3.8) is 0 Å². The number of aryl methyl sites for hydroxylation is 1. The first kappa shape index (κ1) is 14.0. The number of carbonyl (C=O) groups is 1. The summed E-state index contributed by atoms with van der Waals surface area (Å²) in [6.07, 6.45) is 1.28. The molecule has 0 saturated heterocycles. The van der Waals surface area contributed by atoms with Gasteiger partial charge in [0, 0.05) is 5.56 Å². The van der Waals surface area contributed by atoms with Crippen molar-refractivity contribution in [2.75, 3.05) is 6.61 Å². The van der Waals surface area contributed by atoms with Crippen molar-refractivity contribution in [3.05, 3.63) is 41.2 Å². The molecule has 20 heavy (non-hydrogen) atoms. The monoisotopic (exact) mass is 275 g/mol. The third kappa shape index (κ3) is 3.14. The van der Waals surface area contributed by atoms with Crippen LogP contribution in [0.5, 0.6) is 5.75 Å². The molecule has 0 fully saturated rings. The van der Waals surface area contributed by atoms with Crippen LogP contribution in [0.15, 0.2) is 29.0 Å². The van der Waals surface area contributed by atoms with Crippen molar-refractivity contribution in [1.82, 2.24) is 15.6 Å². The van der Waals surface area contributed by atoms with Crippen LogP contribution in [-0.4, -0.2) is 22.8 Å². The van der Waals surface area contributed by atoms with E-state index in [1.807, 2.05) is 39.0 Å². The summed E-state index contributed by atoms with van der Waals surface area (Å²) >= 11 is 0. The van der Waals surface area contributed by atoms with Crippen molar-refractivity contribution < 1.29 is 14.2 Å². The molecule has 1 amide bonds. The van der Waals surface area contributed by atoms with Crippen molar-refractivity contribution in [2.24, 2.45) is 0 Å². The third-order valence-corrected chi connectivity index (χ3v) is 2.87. The minimum absolute atomic E-state index is 0.155. The Morgan fingerprint density at radius 2 is 2.30 bits per heavy atom. The summed E-state index contributed by atoms with van der Waals surface area (Å²) in [6.45, 7) is 6.38. The molecule has 2 rings (SSSR count). The average Bonchev–Trinajstić information content (AvgIpc) is 2.95. The van der Waals surface area contributed by atoms with Gasteiger partial charge in [-0.2, -0.15) is 0 Å². The number of hydrogen-bond acceptors (Lipinski definition) is 5. The largest absolute Gasteiger partial charge is 0.494 e. The quantitative estimate of drug-likeness (QED) is 0.905. The summed E-state index contributed by atoms with van der Waals surface area (Å²) in [7, 11) is 0. The minimum Gasteiger partial charge on any atom is -0.494 e. The van der Waals surface area contributed by atoms with Gasteiger partial charge < -0.3 is 10.1 Å². The van der Waals surface area contributed by atoms with E-state index in [0.717, 1.165) is 16.9 Å². The van der Waals surface area contributed by atoms with E-state index in [2.05, 4.69) is 20.3 Å². The van der Waals surface area contributed by atoms with Crippen LogP contribution in [-0.2, 0) is 0 Å². The van der Waals surface area contributed by atoms with E-state index in [4.69, 9.17) is 4.74 Å². The molecule has 0 aliphatic heterocycles. The number of amides is 1. The van der Waals surface area contributed by atoms with Crippen LogP contribution < -0.4 is 10.1 Å². The van der Waals surface area contributed by atoms with Gasteiger partial charge in [0.2, 0.25) is 0 Å². The number of carbonyl (C=O) groups excluding carboxylic acids is 1. The molecule has 6 heteroatoms. The molecule has 0 aliphatic rings. The number of hydrogen-bond donors (Lipinski definition) is 1. The van der Waals surface area contributed by atoms with E-state index < -0.39 is 0 Å². The zero-order valence-corrected chi connectivity index (χ0v) is 11.7. The second-order valence-corrected chi connectivity index (χ2v) is 4.46. The molecule has 106 valence electrons. The van der Waals surface area contributed by atoms with E-state index in [0.29, 0.717) is 6.61 Å². The van der Waals surface area contributed by atoms with Gasteiger partial charge in [0.1, 0.15) is 11.9 Å². The SMILES string of the molecule is CCOc1ccc(C)cc1C(C)NC(=O)c1cnon1. The van der Waals surface area contributed by atoms with Crippen molar-refractivity contribution in [3.8, 4) is 5.75 Å². The Kier molecular flexibility index (Phi) is 4.34. The molecule has 2 aromatic rings. The maximum Gasteiger partial charge on any atom is 0.275 e. The highest BCUT2D eigenvalue weighted by molar-refractivity contribution is 5.92. The predicted octanol–water partition coefficient (Wildman–Crippen LogP) is 2.27. The van der Waals surface area contributed by atoms with Crippen LogP contribution in [0.3, 0.4) is 0 Å². The fourth-order valence-corrected chi connectivity index (χ4v) is 1.91. The van der Waals surface area contributed by atoms with Crippen LogP contribution in [0, 0.1) is 6.92 Å². The first-order valence-electron chi connectivity index (χ1n) is 6.43. The highest BCUT2D eigenvalue weighted by Crippen LogP contribution is 2.26. The van der Waals surface area contributed by atoms with Gasteiger partial charge in [-0.1, -0.05) is 22.9 Å². The Bertz CT molecular complexity index is 581. The van der Waals surface area contributed by atoms with Crippen LogP contribution in [0.4, 0.5) is 0 Å². The molecular formula is C14H17N3O3. The van der Waals surface area contributed by atoms with Crippen LogP contribution in [0.2, 0.25) is 0 Å². The second-order valence-electron chi connectivity index (χ2n) is 4.46. The molecule has 1 heterocycles. The van der Waals surface area contributed by atoms with E-state index in [1.165, 1.54) is 6.20 Å². The Morgan fingerprint density at radius 3 is 2.95 bits per heavy atom. The van der Waals surface area contributed by atoms with Gasteiger partial charge >= 0.3 is 0 Å². The lowest BCUT2D eigenvalue weighted by Crippen LogP contribution is -2.27. The average molecular weight is 275 g/mol. The zero-order chi connectivity index (χ0) is 14.5. The Labute approximate surface area is 117 Å². The van der Waals surface area contributed by atoms with Gasteiger partial charge in [0.05, 0.1) is 12.6 Å². The minimum atomic E-state index is -0.331. The number of benzene rings is 1. The first-order valence-corrected chi connectivity index (χ1v) is 6.43. The van der Waals surface area contributed by atoms with Gasteiger partial charge in [0.15, 0.2) is 5.69 Å². The molecule has 0 radical (unpaired) electrons. The summed E-state index contributed by atoms with van der Waals surface area (Å²) in [6, 6.07) is 5.68. The van der Waals surface area contributed by atoms with Gasteiger partial charge in [-0.15, -0.1) is 0 Å². The van der Waals surface area contributed by atoms with Crippen LogP contribution in [0.25, 0.3) is 0 Å². The lowest BCUT2D eigenvalue weighted by atomic mass is 10.0. The summed E-state index contributed by atoms with van der Waals surface area (Å²) < 4.78 is 10.0. The topological polar surface area (TPSA) is 77.2 Å². The normalized spacial score (nSPS) is 11.9. The van der Waals surface area contributed by atoms with Gasteiger partial charge in [-0.25, -0.2) is 4.63 Å². The zero-order valence-electron chi connectivity index (χ0n) is 11.7. The standard InChI is InChI=1S/C14H17N3O3/c1-4-19-13-6-5-9(2)7-11(13)10(3)16-14(18)12-8-15-20-17-12/h5-8,10H,4H2,1-3H3,(H,16,18). The van der Waals surface area contributed by atoms with Crippen molar-refractivity contribution in [2.45, 2.75) is 26.8 Å². The molecule has 0 saturated carbocycles. The van der Waals surface area contributed by atoms with Gasteiger partial charge in [-0.05, 0) is 32.0 Å². The number of rotatable bonds is 5. The van der Waals surface area contributed by atoms with Crippen LogP contribution in [0.1, 0.15) is 41.5 Å². The number of nitrogens with one attached hydrogen (secondary N) is 1. The highest BCUT2D eigenvalue weighted by Gasteiger charge is 2.17. The Morgan fingerprint density at radius 1 is 1.50 bits per heavy atom. The highest BCUT2D eigenvalue weighted by atomic mass is 16.6. The molecule has 0 bridgehead atoms.